The molecule has 0 saturated carbocycles. The number of hydrogen-bond donors (Lipinski definition) is 2. The number of aliphatic hydroxyl groups is 1. The van der Waals surface area contributed by atoms with Gasteiger partial charge in [-0.15, -0.1) is 0 Å². The molecule has 4 atom stereocenters. The predicted octanol–water partition coefficient (Wildman–Crippen LogP) is 3.71. The number of carbonyl (C=O) groups is 2. The number of likely N-dealkylation sites (tertiary alicyclic amines) is 1. The summed E-state index contributed by atoms with van der Waals surface area (Å²) in [5.74, 6) is 1.30. The van der Waals surface area contributed by atoms with Gasteiger partial charge in [-0.1, -0.05) is 42.5 Å². The zero-order valence-corrected chi connectivity index (χ0v) is 23.2. The fraction of sp³-hybridized carbons (Fsp3) is 0.548. The lowest BCUT2D eigenvalue weighted by Gasteiger charge is -2.44. The molecule has 216 valence electrons. The average molecular weight is 552 g/mol. The number of piperidine rings is 1. The lowest BCUT2D eigenvalue weighted by atomic mass is 9.90. The maximum atomic E-state index is 13.4. The Morgan fingerprint density at radius 2 is 1.75 bits per heavy atom. The van der Waals surface area contributed by atoms with Gasteiger partial charge in [-0.2, -0.15) is 0 Å². The van der Waals surface area contributed by atoms with Crippen LogP contribution in [0.2, 0.25) is 0 Å². The molecule has 0 unspecified atom stereocenters. The first kappa shape index (κ1) is 28.4. The minimum atomic E-state index is -0.798. The zero-order valence-electron chi connectivity index (χ0n) is 23.2. The van der Waals surface area contributed by atoms with Crippen LogP contribution in [-0.4, -0.2) is 91.2 Å². The Labute approximate surface area is 236 Å². The summed E-state index contributed by atoms with van der Waals surface area (Å²) in [7, 11) is 1.56. The van der Waals surface area contributed by atoms with Crippen molar-refractivity contribution in [1.82, 2.24) is 9.80 Å². The third-order valence-corrected chi connectivity index (χ3v) is 8.33. The van der Waals surface area contributed by atoms with Crippen molar-refractivity contribution in [2.75, 3.05) is 45.3 Å². The van der Waals surface area contributed by atoms with Crippen LogP contribution in [0.25, 0.3) is 0 Å². The molecule has 0 bridgehead atoms. The Hall–Kier alpha value is -3.14. The van der Waals surface area contributed by atoms with E-state index in [1.807, 2.05) is 23.1 Å². The average Bonchev–Trinajstić information content (AvgIpc) is 2.96. The Bertz CT molecular complexity index is 1120. The summed E-state index contributed by atoms with van der Waals surface area (Å²) in [5, 5.41) is 13.4. The normalized spacial score (nSPS) is 25.9. The van der Waals surface area contributed by atoms with E-state index >= 15 is 0 Å². The predicted molar refractivity (Wildman–Crippen MR) is 151 cm³/mol. The molecule has 3 amide bonds. The molecule has 3 aliphatic rings. The minimum absolute atomic E-state index is 0.118. The Kier molecular flexibility index (Phi) is 9.57. The molecule has 0 aromatic heterocycles. The molecule has 0 aliphatic carbocycles. The number of rotatable bonds is 6. The van der Waals surface area contributed by atoms with Crippen molar-refractivity contribution in [3.05, 3.63) is 60.2 Å². The van der Waals surface area contributed by atoms with Crippen molar-refractivity contribution in [2.24, 2.45) is 5.92 Å². The van der Waals surface area contributed by atoms with E-state index in [-0.39, 0.29) is 49.9 Å². The van der Waals surface area contributed by atoms with Crippen LogP contribution >= 0.6 is 0 Å². The second-order valence-electron chi connectivity index (χ2n) is 11.1. The van der Waals surface area contributed by atoms with Crippen LogP contribution in [-0.2, 0) is 20.7 Å². The lowest BCUT2D eigenvalue weighted by molar-refractivity contribution is -0.154. The number of β-amino-alcohol motifs (C(OH)–C–C–N with tert-alkyl or cyclic N) is 1. The van der Waals surface area contributed by atoms with Gasteiger partial charge in [0, 0.05) is 13.1 Å². The van der Waals surface area contributed by atoms with Gasteiger partial charge in [0.05, 0.1) is 57.2 Å². The number of amides is 3. The molecule has 5 rings (SSSR count). The van der Waals surface area contributed by atoms with E-state index in [2.05, 4.69) is 29.6 Å². The van der Waals surface area contributed by atoms with Crippen LogP contribution < -0.4 is 10.1 Å². The van der Waals surface area contributed by atoms with Gasteiger partial charge in [0.1, 0.15) is 11.9 Å². The number of nitrogens with one attached hydrogen (secondary N) is 1. The molecule has 9 nitrogen and oxygen atoms in total. The van der Waals surface area contributed by atoms with Gasteiger partial charge in [-0.05, 0) is 55.7 Å². The summed E-state index contributed by atoms with van der Waals surface area (Å²) in [4.78, 5) is 30.2. The van der Waals surface area contributed by atoms with Crippen LogP contribution in [0.1, 0.15) is 37.7 Å². The maximum Gasteiger partial charge on any atom is 0.322 e. The first-order valence-electron chi connectivity index (χ1n) is 14.4. The van der Waals surface area contributed by atoms with Gasteiger partial charge < -0.3 is 34.4 Å². The van der Waals surface area contributed by atoms with Gasteiger partial charge in [0.25, 0.3) is 0 Å². The van der Waals surface area contributed by atoms with Gasteiger partial charge in [0.15, 0.2) is 0 Å². The van der Waals surface area contributed by atoms with Crippen LogP contribution in [0.4, 0.5) is 10.5 Å². The van der Waals surface area contributed by atoms with Crippen LogP contribution in [0.3, 0.4) is 0 Å². The van der Waals surface area contributed by atoms with Crippen molar-refractivity contribution in [3.8, 4) is 5.75 Å². The van der Waals surface area contributed by atoms with E-state index in [0.717, 1.165) is 32.4 Å². The van der Waals surface area contributed by atoms with E-state index in [9.17, 15) is 14.7 Å². The monoisotopic (exact) mass is 551 g/mol. The maximum absolute atomic E-state index is 13.4. The number of aliphatic hydroxyl groups excluding tert-OH is 1. The topological polar surface area (TPSA) is 101 Å². The molecular weight excluding hydrogens is 510 g/mol. The SMILES string of the molecule is COc1ccccc1NC(=O)N1C[C@@H](O)COC[C@H]2O[C@@H](CC(=O)N3CCC(Cc4ccccc4)CC3)CC[C@@H]21. The summed E-state index contributed by atoms with van der Waals surface area (Å²) >= 11 is 0. The van der Waals surface area contributed by atoms with E-state index in [1.165, 1.54) is 5.56 Å². The van der Waals surface area contributed by atoms with Crippen molar-refractivity contribution < 1.29 is 28.9 Å². The molecule has 3 aliphatic heterocycles. The number of ether oxygens (including phenoxy) is 3. The van der Waals surface area contributed by atoms with E-state index in [4.69, 9.17) is 14.2 Å². The molecular formula is C31H41N3O6. The summed E-state index contributed by atoms with van der Waals surface area (Å²) < 4.78 is 17.5. The molecule has 0 radical (unpaired) electrons. The molecule has 2 N–H and O–H groups in total. The number of methoxy groups -OCH3 is 1. The highest BCUT2D eigenvalue weighted by molar-refractivity contribution is 5.91. The number of hydrogen-bond acceptors (Lipinski definition) is 6. The summed E-state index contributed by atoms with van der Waals surface area (Å²) in [6, 6.07) is 17.2. The molecule has 40 heavy (non-hydrogen) atoms. The summed E-state index contributed by atoms with van der Waals surface area (Å²) in [5.41, 5.74) is 1.92. The Balaban J connectivity index is 1.16. The van der Waals surface area contributed by atoms with E-state index < -0.39 is 6.10 Å². The van der Waals surface area contributed by atoms with Crippen molar-refractivity contribution in [1.29, 1.82) is 0 Å². The molecule has 0 spiro atoms. The number of para-hydroxylation sites is 2. The number of urea groups is 1. The minimum Gasteiger partial charge on any atom is -0.495 e. The smallest absolute Gasteiger partial charge is 0.322 e. The molecule has 3 fully saturated rings. The van der Waals surface area contributed by atoms with Gasteiger partial charge in [0.2, 0.25) is 5.91 Å². The second kappa shape index (κ2) is 13.5. The lowest BCUT2D eigenvalue weighted by Crippen LogP contribution is -2.58. The number of carbonyl (C=O) groups excluding carboxylic acids is 2. The first-order valence-corrected chi connectivity index (χ1v) is 14.4. The fourth-order valence-corrected chi connectivity index (χ4v) is 6.17. The number of fused-ring (bicyclic) bond motifs is 1. The molecule has 9 heteroatoms. The van der Waals surface area contributed by atoms with Crippen molar-refractivity contribution in [3.63, 3.8) is 0 Å². The quantitative estimate of drug-likeness (QED) is 0.568. The standard InChI is InChI=1S/C31H41N3O6/c1-38-28-10-6-5-9-26(28)32-31(37)34-19-24(35)20-39-21-29-27(34)12-11-25(40-29)18-30(36)33-15-13-23(14-16-33)17-22-7-3-2-4-8-22/h2-10,23-25,27,29,35H,11-21H2,1H3,(H,32,37)/t24-,25-,27+,29-/m1/s1. The fourth-order valence-electron chi connectivity index (χ4n) is 6.17. The van der Waals surface area contributed by atoms with Crippen molar-refractivity contribution in [2.45, 2.75) is 62.9 Å². The number of benzene rings is 2. The highest BCUT2D eigenvalue weighted by atomic mass is 16.5. The van der Waals surface area contributed by atoms with Gasteiger partial charge >= 0.3 is 6.03 Å². The Morgan fingerprint density at radius 1 is 1.00 bits per heavy atom. The number of nitrogens with zero attached hydrogens (tertiary/aromatic N) is 2. The first-order chi connectivity index (χ1) is 19.5. The third-order valence-electron chi connectivity index (χ3n) is 8.33. The molecule has 2 aromatic rings. The van der Waals surface area contributed by atoms with Crippen LogP contribution in [0.5, 0.6) is 5.75 Å². The second-order valence-corrected chi connectivity index (χ2v) is 11.1. The van der Waals surface area contributed by atoms with Gasteiger partial charge in [-0.25, -0.2) is 4.79 Å². The summed E-state index contributed by atoms with van der Waals surface area (Å²) in [6.07, 6.45) is 3.36. The van der Waals surface area contributed by atoms with Gasteiger partial charge in [-0.3, -0.25) is 4.79 Å². The molecule has 3 heterocycles. The molecule has 2 aromatic carbocycles. The van der Waals surface area contributed by atoms with E-state index in [1.54, 1.807) is 24.1 Å². The summed E-state index contributed by atoms with van der Waals surface area (Å²) in [6.45, 7) is 2.08. The highest BCUT2D eigenvalue weighted by Crippen LogP contribution is 2.30. The zero-order chi connectivity index (χ0) is 27.9. The highest BCUT2D eigenvalue weighted by Gasteiger charge is 2.40. The largest absolute Gasteiger partial charge is 0.495 e. The Morgan fingerprint density at radius 3 is 2.52 bits per heavy atom. The van der Waals surface area contributed by atoms with Crippen LogP contribution in [0.15, 0.2) is 54.6 Å². The third kappa shape index (κ3) is 7.13. The van der Waals surface area contributed by atoms with Crippen LogP contribution in [0, 0.1) is 5.92 Å². The van der Waals surface area contributed by atoms with Crippen molar-refractivity contribution >= 4 is 17.6 Å². The molecule has 3 saturated heterocycles. The number of anilines is 1. The van der Waals surface area contributed by atoms with E-state index in [0.29, 0.717) is 36.6 Å².